The summed E-state index contributed by atoms with van der Waals surface area (Å²) in [7, 11) is 1.84. The summed E-state index contributed by atoms with van der Waals surface area (Å²) in [6, 6.07) is 7.39. The van der Waals surface area contributed by atoms with Crippen molar-refractivity contribution in [1.82, 2.24) is 25.1 Å². The second-order valence-corrected chi connectivity index (χ2v) is 6.70. The Kier molecular flexibility index (Phi) is 4.97. The molecule has 2 aromatic heterocycles. The van der Waals surface area contributed by atoms with E-state index in [-0.39, 0.29) is 6.03 Å². The van der Waals surface area contributed by atoms with Gasteiger partial charge in [-0.05, 0) is 30.9 Å². The number of aromatic nitrogens is 4. The van der Waals surface area contributed by atoms with Gasteiger partial charge in [0.05, 0.1) is 23.3 Å². The zero-order valence-electron chi connectivity index (χ0n) is 15.2. The van der Waals surface area contributed by atoms with Gasteiger partial charge in [-0.25, -0.2) is 4.79 Å². The highest BCUT2D eigenvalue weighted by atomic mass is 16.5. The largest absolute Gasteiger partial charge is 0.379 e. The fourth-order valence-electron chi connectivity index (χ4n) is 2.85. The highest BCUT2D eigenvalue weighted by Crippen LogP contribution is 2.28. The first-order valence-electron chi connectivity index (χ1n) is 9.07. The second-order valence-electron chi connectivity index (χ2n) is 6.70. The van der Waals surface area contributed by atoms with Crippen LogP contribution >= 0.6 is 0 Å². The van der Waals surface area contributed by atoms with Crippen molar-refractivity contribution in [3.05, 3.63) is 36.7 Å². The van der Waals surface area contributed by atoms with E-state index in [1.54, 1.807) is 17.1 Å². The number of hydrogen-bond donors (Lipinski definition) is 2. The van der Waals surface area contributed by atoms with Crippen LogP contribution < -0.4 is 10.6 Å². The van der Waals surface area contributed by atoms with Crippen molar-refractivity contribution in [2.24, 2.45) is 13.0 Å². The molecule has 0 unspecified atom stereocenters. The highest BCUT2D eigenvalue weighted by molar-refractivity contribution is 5.89. The van der Waals surface area contributed by atoms with E-state index in [2.05, 4.69) is 25.7 Å². The Morgan fingerprint density at radius 3 is 2.85 bits per heavy atom. The molecule has 2 N–H and O–H groups in total. The molecule has 4 rings (SSSR count). The average Bonchev–Trinajstić information content (AvgIpc) is 3.42. The Morgan fingerprint density at radius 1 is 1.22 bits per heavy atom. The maximum atomic E-state index is 12.0. The molecule has 0 saturated heterocycles. The zero-order valence-corrected chi connectivity index (χ0v) is 15.2. The second kappa shape index (κ2) is 7.71. The molecule has 0 atom stereocenters. The predicted octanol–water partition coefficient (Wildman–Crippen LogP) is 2.58. The molecular weight excluding hydrogens is 344 g/mol. The third kappa shape index (κ3) is 4.40. The number of aryl methyl sites for hydroxylation is 1. The number of anilines is 1. The number of ether oxygens (including phenoxy) is 1. The lowest BCUT2D eigenvalue weighted by molar-refractivity contribution is 0.127. The Bertz CT molecular complexity index is 950. The van der Waals surface area contributed by atoms with Crippen LogP contribution in [0.15, 0.2) is 36.7 Å². The molecule has 1 aliphatic rings. The first kappa shape index (κ1) is 17.4. The fraction of sp³-hybridized carbons (Fsp3) is 0.368. The molecule has 1 saturated carbocycles. The standard InChI is InChI=1S/C19H22N6O2/c1-25-17(14-4-5-15-16(10-14)21-7-6-20-15)11-18(24-25)23-19(26)22-8-9-27-12-13-2-3-13/h4-7,10-11,13H,2-3,8-9,12H2,1H3,(H2,22,23,24,26). The zero-order chi connectivity index (χ0) is 18.6. The maximum absolute atomic E-state index is 12.0. The molecule has 0 radical (unpaired) electrons. The van der Waals surface area contributed by atoms with Crippen LogP contribution in [-0.4, -0.2) is 45.5 Å². The van der Waals surface area contributed by atoms with Gasteiger partial charge in [0.1, 0.15) is 0 Å². The number of carbonyl (C=O) groups excluding carboxylic acids is 1. The van der Waals surface area contributed by atoms with Gasteiger partial charge in [0.25, 0.3) is 0 Å². The van der Waals surface area contributed by atoms with Gasteiger partial charge in [-0.3, -0.25) is 20.0 Å². The number of fused-ring (bicyclic) bond motifs is 1. The summed E-state index contributed by atoms with van der Waals surface area (Å²) >= 11 is 0. The molecule has 3 aromatic rings. The van der Waals surface area contributed by atoms with Crippen LogP contribution in [0.1, 0.15) is 12.8 Å². The van der Waals surface area contributed by atoms with E-state index in [1.807, 2.05) is 31.3 Å². The molecule has 0 aliphatic heterocycles. The van der Waals surface area contributed by atoms with Crippen LogP contribution in [0.2, 0.25) is 0 Å². The van der Waals surface area contributed by atoms with E-state index in [9.17, 15) is 4.79 Å². The van der Waals surface area contributed by atoms with Gasteiger partial charge in [-0.1, -0.05) is 6.07 Å². The molecule has 27 heavy (non-hydrogen) atoms. The summed E-state index contributed by atoms with van der Waals surface area (Å²) in [5.41, 5.74) is 3.49. The number of carbonyl (C=O) groups is 1. The van der Waals surface area contributed by atoms with Crippen LogP contribution in [0, 0.1) is 5.92 Å². The molecule has 1 fully saturated rings. The Labute approximate surface area is 157 Å². The van der Waals surface area contributed by atoms with Crippen molar-refractivity contribution in [1.29, 1.82) is 0 Å². The Balaban J connectivity index is 1.36. The van der Waals surface area contributed by atoms with E-state index in [4.69, 9.17) is 4.74 Å². The van der Waals surface area contributed by atoms with E-state index in [0.29, 0.717) is 19.0 Å². The normalized spacial score (nSPS) is 13.7. The minimum Gasteiger partial charge on any atom is -0.379 e. The fourth-order valence-corrected chi connectivity index (χ4v) is 2.85. The van der Waals surface area contributed by atoms with E-state index in [0.717, 1.165) is 34.8 Å². The molecule has 2 amide bonds. The summed E-state index contributed by atoms with van der Waals surface area (Å²) in [4.78, 5) is 20.6. The summed E-state index contributed by atoms with van der Waals surface area (Å²) in [6.45, 7) is 1.79. The number of rotatable bonds is 7. The first-order valence-corrected chi connectivity index (χ1v) is 9.07. The van der Waals surface area contributed by atoms with E-state index in [1.165, 1.54) is 12.8 Å². The average molecular weight is 366 g/mol. The number of amides is 2. The topological polar surface area (TPSA) is 94.0 Å². The van der Waals surface area contributed by atoms with E-state index < -0.39 is 0 Å². The summed E-state index contributed by atoms with van der Waals surface area (Å²) in [5.74, 6) is 1.22. The highest BCUT2D eigenvalue weighted by Gasteiger charge is 2.20. The smallest absolute Gasteiger partial charge is 0.320 e. The van der Waals surface area contributed by atoms with Gasteiger partial charge in [-0.2, -0.15) is 5.10 Å². The number of nitrogens with one attached hydrogen (secondary N) is 2. The predicted molar refractivity (Wildman–Crippen MR) is 102 cm³/mol. The lowest BCUT2D eigenvalue weighted by atomic mass is 10.1. The maximum Gasteiger partial charge on any atom is 0.320 e. The van der Waals surface area contributed by atoms with Crippen LogP contribution in [0.3, 0.4) is 0 Å². The number of hydrogen-bond acceptors (Lipinski definition) is 5. The molecule has 1 aromatic carbocycles. The lowest BCUT2D eigenvalue weighted by Crippen LogP contribution is -2.31. The van der Waals surface area contributed by atoms with Crippen LogP contribution in [0.4, 0.5) is 10.6 Å². The molecule has 1 aliphatic carbocycles. The summed E-state index contributed by atoms with van der Waals surface area (Å²) in [6.07, 6.45) is 5.87. The quantitative estimate of drug-likeness (QED) is 0.627. The van der Waals surface area contributed by atoms with Crippen molar-refractivity contribution in [3.8, 4) is 11.3 Å². The summed E-state index contributed by atoms with van der Waals surface area (Å²) in [5, 5.41) is 9.89. The molecule has 140 valence electrons. The SMILES string of the molecule is Cn1nc(NC(=O)NCCOCC2CC2)cc1-c1ccc2nccnc2c1. The van der Waals surface area contributed by atoms with Gasteiger partial charge < -0.3 is 10.1 Å². The van der Waals surface area contributed by atoms with Crippen LogP contribution in [0.25, 0.3) is 22.3 Å². The monoisotopic (exact) mass is 366 g/mol. The van der Waals surface area contributed by atoms with Crippen molar-refractivity contribution < 1.29 is 9.53 Å². The third-order valence-electron chi connectivity index (χ3n) is 4.47. The first-order chi connectivity index (χ1) is 13.2. The minimum atomic E-state index is -0.293. The molecular formula is C19H22N6O2. The van der Waals surface area contributed by atoms with Crippen molar-refractivity contribution in [2.45, 2.75) is 12.8 Å². The van der Waals surface area contributed by atoms with Gasteiger partial charge in [0.15, 0.2) is 5.82 Å². The number of benzene rings is 1. The van der Waals surface area contributed by atoms with Gasteiger partial charge >= 0.3 is 6.03 Å². The van der Waals surface area contributed by atoms with Crippen molar-refractivity contribution >= 4 is 22.9 Å². The lowest BCUT2D eigenvalue weighted by Gasteiger charge is -2.06. The van der Waals surface area contributed by atoms with Crippen LogP contribution in [-0.2, 0) is 11.8 Å². The minimum absolute atomic E-state index is 0.293. The number of nitrogens with zero attached hydrogens (tertiary/aromatic N) is 4. The third-order valence-corrected chi connectivity index (χ3v) is 4.47. The molecule has 0 spiro atoms. The van der Waals surface area contributed by atoms with Gasteiger partial charge in [0, 0.05) is 44.2 Å². The molecule has 0 bridgehead atoms. The van der Waals surface area contributed by atoms with E-state index >= 15 is 0 Å². The van der Waals surface area contributed by atoms with Gasteiger partial charge in [0.2, 0.25) is 0 Å². The number of urea groups is 1. The Hall–Kier alpha value is -3.00. The van der Waals surface area contributed by atoms with Crippen LogP contribution in [0.5, 0.6) is 0 Å². The van der Waals surface area contributed by atoms with Crippen molar-refractivity contribution in [3.63, 3.8) is 0 Å². The molecule has 8 nitrogen and oxygen atoms in total. The van der Waals surface area contributed by atoms with Crippen molar-refractivity contribution in [2.75, 3.05) is 25.1 Å². The van der Waals surface area contributed by atoms with Gasteiger partial charge in [-0.15, -0.1) is 0 Å². The summed E-state index contributed by atoms with van der Waals surface area (Å²) < 4.78 is 7.23. The Morgan fingerprint density at radius 2 is 2.04 bits per heavy atom. The molecule has 8 heteroatoms. The molecule has 2 heterocycles.